The molecule has 0 bridgehead atoms. The molecule has 7 nitrogen and oxygen atoms in total. The van der Waals surface area contributed by atoms with Crippen LogP contribution in [0.25, 0.3) is 5.69 Å². The number of aryl methyl sites for hydroxylation is 1. The Kier molecular flexibility index (Phi) is 4.36. The fourth-order valence-corrected chi connectivity index (χ4v) is 4.63. The third-order valence-electron chi connectivity index (χ3n) is 6.18. The van der Waals surface area contributed by atoms with Gasteiger partial charge in [-0.1, -0.05) is 30.3 Å². The molecule has 0 radical (unpaired) electrons. The molecule has 1 unspecified atom stereocenters. The highest BCUT2D eigenvalue weighted by Crippen LogP contribution is 2.42. The molecule has 2 aliphatic heterocycles. The monoisotopic (exact) mass is 438 g/mol. The van der Waals surface area contributed by atoms with Crippen LogP contribution in [0.15, 0.2) is 72.8 Å². The van der Waals surface area contributed by atoms with Crippen molar-refractivity contribution in [1.82, 2.24) is 9.78 Å². The van der Waals surface area contributed by atoms with Crippen molar-refractivity contribution in [1.29, 1.82) is 0 Å². The van der Waals surface area contributed by atoms with Gasteiger partial charge in [0.25, 0.3) is 5.91 Å². The average molecular weight is 438 g/mol. The Morgan fingerprint density at radius 1 is 0.909 bits per heavy atom. The van der Waals surface area contributed by atoms with E-state index in [1.54, 1.807) is 4.90 Å². The standard InChI is InChI=1S/C26H22N4O3/c1-16-24(17(2)30(28-16)18-8-4-3-5-9-18)25-27-21-11-7-6-10-20(21)26(31)29(25)19-12-13-22-23(14-19)33-15-32-22/h3-14,25,27H,15H2,1-2H3. The van der Waals surface area contributed by atoms with Crippen LogP contribution in [0.2, 0.25) is 0 Å². The van der Waals surface area contributed by atoms with Crippen LogP contribution in [0.3, 0.4) is 0 Å². The van der Waals surface area contributed by atoms with E-state index in [1.165, 1.54) is 0 Å². The number of carbonyl (C=O) groups excluding carboxylic acids is 1. The number of rotatable bonds is 3. The van der Waals surface area contributed by atoms with E-state index in [1.807, 2.05) is 91.3 Å². The zero-order valence-electron chi connectivity index (χ0n) is 18.3. The van der Waals surface area contributed by atoms with Gasteiger partial charge in [-0.05, 0) is 50.2 Å². The number of hydrogen-bond acceptors (Lipinski definition) is 5. The molecule has 1 amide bonds. The molecule has 0 saturated carbocycles. The Morgan fingerprint density at radius 2 is 1.67 bits per heavy atom. The first-order valence-corrected chi connectivity index (χ1v) is 10.8. The number of para-hydroxylation sites is 2. The van der Waals surface area contributed by atoms with Gasteiger partial charge in [-0.15, -0.1) is 0 Å². The first-order chi connectivity index (χ1) is 16.1. The lowest BCUT2D eigenvalue weighted by Crippen LogP contribution is -2.43. The number of anilines is 2. The van der Waals surface area contributed by atoms with Crippen LogP contribution in [0.1, 0.15) is 33.5 Å². The Morgan fingerprint density at radius 3 is 2.52 bits per heavy atom. The van der Waals surface area contributed by atoms with Gasteiger partial charge in [0.2, 0.25) is 6.79 Å². The van der Waals surface area contributed by atoms with Crippen LogP contribution in [0, 0.1) is 13.8 Å². The SMILES string of the molecule is Cc1nn(-c2ccccc2)c(C)c1C1Nc2ccccc2C(=O)N1c1ccc2c(c1)OCO2. The highest BCUT2D eigenvalue weighted by molar-refractivity contribution is 6.12. The van der Waals surface area contributed by atoms with Crippen molar-refractivity contribution in [3.05, 3.63) is 95.3 Å². The number of nitrogens with one attached hydrogen (secondary N) is 1. The number of carbonyl (C=O) groups is 1. The zero-order chi connectivity index (χ0) is 22.5. The summed E-state index contributed by atoms with van der Waals surface area (Å²) in [5, 5.41) is 8.40. The van der Waals surface area contributed by atoms with Crippen LogP contribution < -0.4 is 19.7 Å². The Balaban J connectivity index is 1.52. The maximum absolute atomic E-state index is 13.8. The summed E-state index contributed by atoms with van der Waals surface area (Å²) in [6, 6.07) is 23.2. The summed E-state index contributed by atoms with van der Waals surface area (Å²) in [5.41, 5.74) is 5.90. The first-order valence-electron chi connectivity index (χ1n) is 10.8. The molecule has 33 heavy (non-hydrogen) atoms. The van der Waals surface area contributed by atoms with Gasteiger partial charge in [0.1, 0.15) is 6.17 Å². The van der Waals surface area contributed by atoms with Gasteiger partial charge in [0.15, 0.2) is 11.5 Å². The molecule has 4 aromatic rings. The van der Waals surface area contributed by atoms with Crippen molar-refractivity contribution in [2.75, 3.05) is 17.0 Å². The van der Waals surface area contributed by atoms with Crippen LogP contribution >= 0.6 is 0 Å². The molecule has 2 aliphatic rings. The van der Waals surface area contributed by atoms with Gasteiger partial charge in [-0.25, -0.2) is 4.68 Å². The summed E-state index contributed by atoms with van der Waals surface area (Å²) < 4.78 is 13.0. The normalized spacial score (nSPS) is 16.5. The maximum Gasteiger partial charge on any atom is 0.262 e. The summed E-state index contributed by atoms with van der Waals surface area (Å²) >= 11 is 0. The maximum atomic E-state index is 13.8. The highest BCUT2D eigenvalue weighted by atomic mass is 16.7. The van der Waals surface area contributed by atoms with Gasteiger partial charge < -0.3 is 14.8 Å². The molecular formula is C26H22N4O3. The zero-order valence-corrected chi connectivity index (χ0v) is 18.3. The number of benzene rings is 3. The van der Waals surface area contributed by atoms with Crippen molar-refractivity contribution in [3.63, 3.8) is 0 Å². The lowest BCUT2D eigenvalue weighted by molar-refractivity contribution is 0.0975. The lowest BCUT2D eigenvalue weighted by Gasteiger charge is -2.38. The van der Waals surface area contributed by atoms with Crippen molar-refractivity contribution >= 4 is 17.3 Å². The Labute approximate surface area is 191 Å². The number of ether oxygens (including phenoxy) is 2. The second kappa shape index (κ2) is 7.41. The summed E-state index contributed by atoms with van der Waals surface area (Å²) in [5.74, 6) is 1.23. The quantitative estimate of drug-likeness (QED) is 0.488. The number of hydrogen-bond donors (Lipinski definition) is 1. The Bertz CT molecular complexity index is 1380. The molecule has 1 N–H and O–H groups in total. The first kappa shape index (κ1) is 19.4. The van der Waals surface area contributed by atoms with E-state index < -0.39 is 6.17 Å². The van der Waals surface area contributed by atoms with Gasteiger partial charge in [0.05, 0.1) is 22.6 Å². The summed E-state index contributed by atoms with van der Waals surface area (Å²) in [6.07, 6.45) is -0.440. The molecule has 1 atom stereocenters. The second-order valence-electron chi connectivity index (χ2n) is 8.14. The predicted molar refractivity (Wildman–Crippen MR) is 125 cm³/mol. The number of nitrogens with zero attached hydrogens (tertiary/aromatic N) is 3. The smallest absolute Gasteiger partial charge is 0.262 e. The van der Waals surface area contributed by atoms with Crippen molar-refractivity contribution in [2.45, 2.75) is 20.0 Å². The van der Waals surface area contributed by atoms with E-state index in [9.17, 15) is 4.79 Å². The fourth-order valence-electron chi connectivity index (χ4n) is 4.63. The molecule has 1 aromatic heterocycles. The number of fused-ring (bicyclic) bond motifs is 2. The topological polar surface area (TPSA) is 68.6 Å². The molecule has 0 saturated heterocycles. The van der Waals surface area contributed by atoms with Crippen molar-refractivity contribution in [2.24, 2.45) is 0 Å². The average Bonchev–Trinajstić information content (AvgIpc) is 3.42. The molecule has 164 valence electrons. The van der Waals surface area contributed by atoms with E-state index in [2.05, 4.69) is 5.32 Å². The second-order valence-corrected chi connectivity index (χ2v) is 8.14. The van der Waals surface area contributed by atoms with Gasteiger partial charge in [0, 0.05) is 23.0 Å². The number of amides is 1. The number of aromatic nitrogens is 2. The third kappa shape index (κ3) is 3.04. The minimum atomic E-state index is -0.440. The van der Waals surface area contributed by atoms with Crippen LogP contribution in [0.4, 0.5) is 11.4 Å². The highest BCUT2D eigenvalue weighted by Gasteiger charge is 2.37. The molecule has 0 aliphatic carbocycles. The minimum Gasteiger partial charge on any atom is -0.454 e. The molecule has 3 aromatic carbocycles. The molecule has 3 heterocycles. The van der Waals surface area contributed by atoms with E-state index >= 15 is 0 Å². The van der Waals surface area contributed by atoms with Crippen LogP contribution in [-0.2, 0) is 0 Å². The molecule has 0 fully saturated rings. The van der Waals surface area contributed by atoms with Gasteiger partial charge in [-0.2, -0.15) is 5.10 Å². The van der Waals surface area contributed by atoms with E-state index in [0.29, 0.717) is 17.1 Å². The van der Waals surface area contributed by atoms with Crippen LogP contribution in [-0.4, -0.2) is 22.5 Å². The molecular weight excluding hydrogens is 416 g/mol. The fraction of sp³-hybridized carbons (Fsp3) is 0.154. The van der Waals surface area contributed by atoms with Gasteiger partial charge >= 0.3 is 0 Å². The van der Waals surface area contributed by atoms with Gasteiger partial charge in [-0.3, -0.25) is 9.69 Å². The predicted octanol–water partition coefficient (Wildman–Crippen LogP) is 4.99. The van der Waals surface area contributed by atoms with E-state index in [0.717, 1.165) is 34.0 Å². The largest absolute Gasteiger partial charge is 0.454 e. The third-order valence-corrected chi connectivity index (χ3v) is 6.18. The van der Waals surface area contributed by atoms with Crippen molar-refractivity contribution < 1.29 is 14.3 Å². The van der Waals surface area contributed by atoms with Crippen molar-refractivity contribution in [3.8, 4) is 17.2 Å². The summed E-state index contributed by atoms with van der Waals surface area (Å²) in [4.78, 5) is 15.6. The summed E-state index contributed by atoms with van der Waals surface area (Å²) in [6.45, 7) is 4.19. The minimum absolute atomic E-state index is 0.0838. The molecule has 0 spiro atoms. The Hall–Kier alpha value is -4.26. The van der Waals surface area contributed by atoms with Crippen LogP contribution in [0.5, 0.6) is 11.5 Å². The molecule has 7 heteroatoms. The molecule has 6 rings (SSSR count). The van der Waals surface area contributed by atoms with E-state index in [-0.39, 0.29) is 12.7 Å². The van der Waals surface area contributed by atoms with E-state index in [4.69, 9.17) is 14.6 Å². The lowest BCUT2D eigenvalue weighted by atomic mass is 10.0. The summed E-state index contributed by atoms with van der Waals surface area (Å²) in [7, 11) is 0.